The summed E-state index contributed by atoms with van der Waals surface area (Å²) < 4.78 is 42.5. The number of fused-ring (bicyclic) bond motifs is 1. The van der Waals surface area contributed by atoms with Gasteiger partial charge in [0.2, 0.25) is 5.95 Å². The molecule has 1 aliphatic carbocycles. The molecule has 0 amide bonds. The van der Waals surface area contributed by atoms with E-state index in [1.807, 2.05) is 26.8 Å². The van der Waals surface area contributed by atoms with Crippen LogP contribution in [0.25, 0.3) is 20.8 Å². The number of hydrogen-bond acceptors (Lipinski definition) is 11. The van der Waals surface area contributed by atoms with Crippen molar-refractivity contribution in [2.24, 2.45) is 5.92 Å². The van der Waals surface area contributed by atoms with Crippen molar-refractivity contribution >= 4 is 33.3 Å². The molecule has 1 fully saturated rings. The standard InChI is InChI=1S/C28H31F3N6O4S/c1-12-9-20-22(15(4)32-12)36-26(42-20)21-14(3)34-27(37-25(21)35-19-10-17(11-38)23(39)24(19)40)33-13(2)16-5-7-18(8-6-16)41-28(29,30)31/h5-9,13,17,19,23-24,38-40H,10-11H2,1-4H3,(H2,33,34,35,37)/t13-,17-,19-,23-,24+/m1/s1. The molecule has 3 aromatic heterocycles. The smallest absolute Gasteiger partial charge is 0.406 e. The normalized spacial score (nSPS) is 21.5. The molecule has 5 N–H and O–H groups in total. The second kappa shape index (κ2) is 11.6. The number of aryl methyl sites for hydroxylation is 3. The van der Waals surface area contributed by atoms with Crippen LogP contribution in [-0.2, 0) is 0 Å². The first kappa shape index (κ1) is 29.9. The minimum absolute atomic E-state index is 0.239. The lowest BCUT2D eigenvalue weighted by atomic mass is 10.1. The number of aromatic nitrogens is 4. The van der Waals surface area contributed by atoms with Gasteiger partial charge < -0.3 is 30.7 Å². The van der Waals surface area contributed by atoms with Gasteiger partial charge in [-0.05, 0) is 57.9 Å². The first-order valence-corrected chi connectivity index (χ1v) is 14.1. The van der Waals surface area contributed by atoms with Crippen LogP contribution in [0.1, 0.15) is 42.0 Å². The first-order valence-electron chi connectivity index (χ1n) is 13.3. The van der Waals surface area contributed by atoms with E-state index in [0.29, 0.717) is 34.1 Å². The van der Waals surface area contributed by atoms with Gasteiger partial charge in [-0.15, -0.1) is 24.5 Å². The summed E-state index contributed by atoms with van der Waals surface area (Å²) >= 11 is 1.46. The number of ether oxygens (including phenoxy) is 1. The summed E-state index contributed by atoms with van der Waals surface area (Å²) in [7, 11) is 0. The number of pyridine rings is 1. The van der Waals surface area contributed by atoms with Crippen molar-refractivity contribution in [3.8, 4) is 16.3 Å². The number of thiazole rings is 1. The maximum absolute atomic E-state index is 12.5. The van der Waals surface area contributed by atoms with Crippen molar-refractivity contribution in [1.82, 2.24) is 19.9 Å². The minimum atomic E-state index is -4.78. The highest BCUT2D eigenvalue weighted by Gasteiger charge is 2.41. The second-order valence-corrected chi connectivity index (χ2v) is 11.5. The number of alkyl halides is 3. The molecular formula is C28H31F3N6O4S. The third kappa shape index (κ3) is 6.26. The predicted molar refractivity (Wildman–Crippen MR) is 152 cm³/mol. The van der Waals surface area contributed by atoms with Crippen molar-refractivity contribution < 1.29 is 33.2 Å². The van der Waals surface area contributed by atoms with E-state index in [1.165, 1.54) is 35.6 Å². The third-order valence-electron chi connectivity index (χ3n) is 7.30. The van der Waals surface area contributed by atoms with Gasteiger partial charge >= 0.3 is 6.36 Å². The largest absolute Gasteiger partial charge is 0.573 e. The number of hydrogen-bond donors (Lipinski definition) is 5. The molecular weight excluding hydrogens is 573 g/mol. The quantitative estimate of drug-likeness (QED) is 0.193. The number of anilines is 2. The average Bonchev–Trinajstić information content (AvgIpc) is 3.44. The highest BCUT2D eigenvalue weighted by atomic mass is 32.1. The highest BCUT2D eigenvalue weighted by Crippen LogP contribution is 2.39. The zero-order chi connectivity index (χ0) is 30.3. The lowest BCUT2D eigenvalue weighted by Crippen LogP contribution is -2.35. The summed E-state index contributed by atoms with van der Waals surface area (Å²) in [5.41, 5.74) is 4.30. The third-order valence-corrected chi connectivity index (χ3v) is 8.32. The average molecular weight is 605 g/mol. The summed E-state index contributed by atoms with van der Waals surface area (Å²) in [6.45, 7) is 7.15. The Kier molecular flexibility index (Phi) is 8.25. The van der Waals surface area contributed by atoms with E-state index in [-0.39, 0.29) is 24.3 Å². The molecule has 0 radical (unpaired) electrons. The summed E-state index contributed by atoms with van der Waals surface area (Å²) in [5, 5.41) is 37.9. The zero-order valence-corrected chi connectivity index (χ0v) is 24.1. The number of aliphatic hydroxyl groups excluding tert-OH is 3. The Balaban J connectivity index is 1.49. The summed E-state index contributed by atoms with van der Waals surface area (Å²) in [6.07, 6.45) is -6.70. The van der Waals surface area contributed by atoms with Crippen LogP contribution in [-0.4, -0.2) is 66.5 Å². The SMILES string of the molecule is Cc1cc2sc(-c3c(C)nc(N[C@H](C)c4ccc(OC(F)(F)F)cc4)nc3N[C@@H]3C[C@H](CO)[C@@H](O)[C@H]3O)nc2c(C)n1. The van der Waals surface area contributed by atoms with Gasteiger partial charge in [-0.2, -0.15) is 4.98 Å². The molecule has 3 heterocycles. The summed E-state index contributed by atoms with van der Waals surface area (Å²) in [6, 6.07) is 6.47. The Morgan fingerprint density at radius 2 is 1.74 bits per heavy atom. The van der Waals surface area contributed by atoms with E-state index in [4.69, 9.17) is 9.97 Å². The van der Waals surface area contributed by atoms with Gasteiger partial charge in [-0.3, -0.25) is 4.98 Å². The van der Waals surface area contributed by atoms with Gasteiger partial charge in [0.15, 0.2) is 0 Å². The number of benzene rings is 1. The molecule has 0 bridgehead atoms. The fourth-order valence-corrected chi connectivity index (χ4v) is 6.40. The van der Waals surface area contributed by atoms with Crippen LogP contribution < -0.4 is 15.4 Å². The van der Waals surface area contributed by atoms with Crippen LogP contribution in [0.2, 0.25) is 0 Å². The van der Waals surface area contributed by atoms with Crippen LogP contribution >= 0.6 is 11.3 Å². The molecule has 0 saturated heterocycles. The van der Waals surface area contributed by atoms with E-state index < -0.39 is 30.5 Å². The molecule has 1 saturated carbocycles. The molecule has 224 valence electrons. The van der Waals surface area contributed by atoms with E-state index in [1.54, 1.807) is 6.92 Å². The number of aliphatic hydroxyl groups is 3. The molecule has 14 heteroatoms. The van der Waals surface area contributed by atoms with Crippen LogP contribution in [0.4, 0.5) is 24.9 Å². The highest BCUT2D eigenvalue weighted by molar-refractivity contribution is 7.21. The summed E-state index contributed by atoms with van der Waals surface area (Å²) in [5.74, 6) is -0.202. The van der Waals surface area contributed by atoms with E-state index in [2.05, 4.69) is 25.3 Å². The van der Waals surface area contributed by atoms with Crippen molar-refractivity contribution in [3.05, 3.63) is 53.0 Å². The molecule has 0 aliphatic heterocycles. The fourth-order valence-electron chi connectivity index (χ4n) is 5.19. The summed E-state index contributed by atoms with van der Waals surface area (Å²) in [4.78, 5) is 18.7. The van der Waals surface area contributed by atoms with Crippen molar-refractivity contribution in [1.29, 1.82) is 0 Å². The lowest BCUT2D eigenvalue weighted by molar-refractivity contribution is -0.274. The van der Waals surface area contributed by atoms with Crippen LogP contribution in [0.3, 0.4) is 0 Å². The van der Waals surface area contributed by atoms with Crippen molar-refractivity contribution in [2.45, 2.75) is 64.8 Å². The second-order valence-electron chi connectivity index (χ2n) is 10.5. The molecule has 0 unspecified atom stereocenters. The van der Waals surface area contributed by atoms with E-state index in [9.17, 15) is 28.5 Å². The van der Waals surface area contributed by atoms with Gasteiger partial charge in [0, 0.05) is 18.2 Å². The van der Waals surface area contributed by atoms with Gasteiger partial charge in [-0.1, -0.05) is 12.1 Å². The van der Waals surface area contributed by atoms with Crippen LogP contribution in [0.5, 0.6) is 5.75 Å². The Hall–Kier alpha value is -3.59. The molecule has 4 aromatic rings. The molecule has 1 aliphatic rings. The van der Waals surface area contributed by atoms with Gasteiger partial charge in [0.1, 0.15) is 28.2 Å². The fraction of sp³-hybridized carbons (Fsp3) is 0.429. The Bertz CT molecular complexity index is 1580. The molecule has 42 heavy (non-hydrogen) atoms. The van der Waals surface area contributed by atoms with Crippen LogP contribution in [0.15, 0.2) is 30.3 Å². The maximum atomic E-state index is 12.5. The number of nitrogens with zero attached hydrogens (tertiary/aromatic N) is 4. The van der Waals surface area contributed by atoms with E-state index in [0.717, 1.165) is 21.6 Å². The number of halogens is 3. The van der Waals surface area contributed by atoms with Gasteiger partial charge in [0.05, 0.1) is 39.8 Å². The molecule has 5 atom stereocenters. The Morgan fingerprint density at radius 3 is 2.38 bits per heavy atom. The first-order chi connectivity index (χ1) is 19.8. The van der Waals surface area contributed by atoms with Crippen LogP contribution in [0, 0.1) is 26.7 Å². The van der Waals surface area contributed by atoms with Gasteiger partial charge in [-0.25, -0.2) is 9.97 Å². The molecule has 0 spiro atoms. The minimum Gasteiger partial charge on any atom is -0.406 e. The van der Waals surface area contributed by atoms with E-state index >= 15 is 0 Å². The number of rotatable bonds is 8. The predicted octanol–water partition coefficient (Wildman–Crippen LogP) is 4.66. The zero-order valence-electron chi connectivity index (χ0n) is 23.3. The van der Waals surface area contributed by atoms with Crippen molar-refractivity contribution in [2.75, 3.05) is 17.2 Å². The monoisotopic (exact) mass is 604 g/mol. The lowest BCUT2D eigenvalue weighted by Gasteiger charge is -2.22. The topological polar surface area (TPSA) is 146 Å². The maximum Gasteiger partial charge on any atom is 0.573 e. The van der Waals surface area contributed by atoms with Crippen molar-refractivity contribution in [3.63, 3.8) is 0 Å². The molecule has 5 rings (SSSR count). The Morgan fingerprint density at radius 1 is 1.02 bits per heavy atom. The Labute approximate surface area is 243 Å². The molecule has 10 nitrogen and oxygen atoms in total. The number of nitrogens with one attached hydrogen (secondary N) is 2. The van der Waals surface area contributed by atoms with Gasteiger partial charge in [0.25, 0.3) is 0 Å². The molecule has 1 aromatic carbocycles.